The molecule has 2 aromatic rings. The molecule has 2 saturated heterocycles. The summed E-state index contributed by atoms with van der Waals surface area (Å²) in [6.07, 6.45) is 5.32. The number of methoxy groups -OCH3 is 1. The molecule has 3 heterocycles. The third kappa shape index (κ3) is 3.53. The fourth-order valence-electron chi connectivity index (χ4n) is 4.97. The van der Waals surface area contributed by atoms with Crippen LogP contribution in [0.25, 0.3) is 10.9 Å². The lowest BCUT2D eigenvalue weighted by molar-refractivity contribution is -0.150. The number of piperidine rings is 1. The number of carbonyl (C=O) groups excluding carboxylic acids is 2. The lowest BCUT2D eigenvalue weighted by Gasteiger charge is -2.46. The standard InChI is InChI=1S/C23H27N3O3/c1-3-11-26-21(27)15-19(22(28)29-2)23(26)8-12-25(13-9-23)16-17-6-7-20-18(14-17)5-4-10-24-20/h3-7,10,14,19H,1,8-9,11-13,15-16H2,2H3. The Morgan fingerprint density at radius 3 is 2.86 bits per heavy atom. The molecule has 1 atom stereocenters. The van der Waals surface area contributed by atoms with Crippen molar-refractivity contribution in [2.24, 2.45) is 5.92 Å². The van der Waals surface area contributed by atoms with Crippen LogP contribution in [0.5, 0.6) is 0 Å². The highest BCUT2D eigenvalue weighted by Crippen LogP contribution is 2.44. The topological polar surface area (TPSA) is 62.7 Å². The molecule has 6 heteroatoms. The van der Waals surface area contributed by atoms with Gasteiger partial charge in [0, 0.05) is 44.2 Å². The van der Waals surface area contributed by atoms with Crippen molar-refractivity contribution in [1.29, 1.82) is 0 Å². The number of rotatable bonds is 5. The Kier molecular flexibility index (Phi) is 5.37. The van der Waals surface area contributed by atoms with Gasteiger partial charge in [-0.1, -0.05) is 18.2 Å². The van der Waals surface area contributed by atoms with Crippen molar-refractivity contribution in [2.45, 2.75) is 31.3 Å². The monoisotopic (exact) mass is 393 g/mol. The van der Waals surface area contributed by atoms with Gasteiger partial charge in [-0.25, -0.2) is 0 Å². The first-order valence-corrected chi connectivity index (χ1v) is 10.1. The van der Waals surface area contributed by atoms with E-state index in [1.54, 1.807) is 6.08 Å². The highest BCUT2D eigenvalue weighted by atomic mass is 16.5. The number of amides is 1. The van der Waals surface area contributed by atoms with E-state index >= 15 is 0 Å². The van der Waals surface area contributed by atoms with Crippen molar-refractivity contribution in [1.82, 2.24) is 14.8 Å². The number of fused-ring (bicyclic) bond motifs is 1. The van der Waals surface area contributed by atoms with E-state index in [-0.39, 0.29) is 18.3 Å². The fourth-order valence-corrected chi connectivity index (χ4v) is 4.97. The average molecular weight is 393 g/mol. The van der Waals surface area contributed by atoms with Crippen LogP contribution in [0.1, 0.15) is 24.8 Å². The van der Waals surface area contributed by atoms with Gasteiger partial charge in [-0.2, -0.15) is 0 Å². The SMILES string of the molecule is C=CCN1C(=O)CC(C(=O)OC)C12CCN(Cc1ccc3ncccc3c1)CC2. The summed E-state index contributed by atoms with van der Waals surface area (Å²) in [5.74, 6) is -0.648. The number of carbonyl (C=O) groups is 2. The predicted molar refractivity (Wildman–Crippen MR) is 111 cm³/mol. The van der Waals surface area contributed by atoms with E-state index in [2.05, 4.69) is 40.7 Å². The second kappa shape index (κ2) is 7.95. The number of benzene rings is 1. The summed E-state index contributed by atoms with van der Waals surface area (Å²) in [5.41, 5.74) is 1.79. The van der Waals surface area contributed by atoms with E-state index in [4.69, 9.17) is 4.74 Å². The first-order chi connectivity index (χ1) is 14.1. The summed E-state index contributed by atoms with van der Waals surface area (Å²) >= 11 is 0. The summed E-state index contributed by atoms with van der Waals surface area (Å²) in [4.78, 5) is 33.7. The molecule has 4 rings (SSSR count). The van der Waals surface area contributed by atoms with Crippen LogP contribution in [0.2, 0.25) is 0 Å². The van der Waals surface area contributed by atoms with Gasteiger partial charge in [0.1, 0.15) is 0 Å². The van der Waals surface area contributed by atoms with E-state index < -0.39 is 11.5 Å². The number of hydrogen-bond acceptors (Lipinski definition) is 5. The van der Waals surface area contributed by atoms with Crippen LogP contribution in [-0.4, -0.2) is 58.9 Å². The second-order valence-electron chi connectivity index (χ2n) is 7.98. The highest BCUT2D eigenvalue weighted by Gasteiger charge is 2.56. The Bertz CT molecular complexity index is 934. The smallest absolute Gasteiger partial charge is 0.311 e. The van der Waals surface area contributed by atoms with Crippen LogP contribution in [-0.2, 0) is 20.9 Å². The second-order valence-corrected chi connectivity index (χ2v) is 7.98. The predicted octanol–water partition coefficient (Wildman–Crippen LogP) is 2.78. The average Bonchev–Trinajstić information content (AvgIpc) is 3.01. The van der Waals surface area contributed by atoms with E-state index in [1.807, 2.05) is 17.2 Å². The third-order valence-corrected chi connectivity index (χ3v) is 6.46. The molecule has 152 valence electrons. The molecule has 0 bridgehead atoms. The van der Waals surface area contributed by atoms with E-state index in [1.165, 1.54) is 12.7 Å². The Morgan fingerprint density at radius 2 is 2.14 bits per heavy atom. The number of likely N-dealkylation sites (tertiary alicyclic amines) is 2. The maximum atomic E-state index is 12.6. The van der Waals surface area contributed by atoms with Gasteiger partial charge in [0.2, 0.25) is 5.91 Å². The lowest BCUT2D eigenvalue weighted by atomic mass is 9.76. The molecule has 1 aromatic carbocycles. The van der Waals surface area contributed by atoms with Crippen molar-refractivity contribution in [2.75, 3.05) is 26.7 Å². The quantitative estimate of drug-likeness (QED) is 0.577. The molecule has 2 fully saturated rings. The van der Waals surface area contributed by atoms with Gasteiger partial charge in [0.05, 0.1) is 24.1 Å². The van der Waals surface area contributed by atoms with Crippen molar-refractivity contribution < 1.29 is 14.3 Å². The van der Waals surface area contributed by atoms with Gasteiger partial charge < -0.3 is 9.64 Å². The zero-order valence-corrected chi connectivity index (χ0v) is 16.8. The molecule has 1 spiro atoms. The molecule has 2 aliphatic rings. The Hall–Kier alpha value is -2.73. The van der Waals surface area contributed by atoms with Gasteiger partial charge in [-0.15, -0.1) is 6.58 Å². The lowest BCUT2D eigenvalue weighted by Crippen LogP contribution is -2.57. The Morgan fingerprint density at radius 1 is 1.34 bits per heavy atom. The normalized spacial score (nSPS) is 21.6. The van der Waals surface area contributed by atoms with Gasteiger partial charge in [0.25, 0.3) is 0 Å². The summed E-state index contributed by atoms with van der Waals surface area (Å²) in [7, 11) is 1.40. The fraction of sp³-hybridized carbons (Fsp3) is 0.435. The number of ether oxygens (including phenoxy) is 1. The summed E-state index contributed by atoms with van der Waals surface area (Å²) < 4.78 is 5.04. The van der Waals surface area contributed by atoms with E-state index in [0.717, 1.165) is 43.4 Å². The van der Waals surface area contributed by atoms with Crippen molar-refractivity contribution in [3.05, 3.63) is 54.7 Å². The number of aromatic nitrogens is 1. The summed E-state index contributed by atoms with van der Waals surface area (Å²) in [6, 6.07) is 10.4. The van der Waals surface area contributed by atoms with E-state index in [9.17, 15) is 9.59 Å². The largest absolute Gasteiger partial charge is 0.469 e. The molecule has 0 saturated carbocycles. The van der Waals surface area contributed by atoms with Gasteiger partial charge in [0.15, 0.2) is 0 Å². The molecule has 29 heavy (non-hydrogen) atoms. The Balaban J connectivity index is 1.50. The zero-order chi connectivity index (χ0) is 20.4. The molecule has 0 aliphatic carbocycles. The molecule has 1 amide bonds. The molecule has 1 aromatic heterocycles. The van der Waals surface area contributed by atoms with Crippen LogP contribution < -0.4 is 0 Å². The molecule has 1 unspecified atom stereocenters. The molecular formula is C23H27N3O3. The molecule has 0 radical (unpaired) electrons. The van der Waals surface area contributed by atoms with Gasteiger partial charge >= 0.3 is 5.97 Å². The number of pyridine rings is 1. The van der Waals surface area contributed by atoms with Crippen LogP contribution in [0.4, 0.5) is 0 Å². The summed E-state index contributed by atoms with van der Waals surface area (Å²) in [6.45, 7) is 6.79. The first-order valence-electron chi connectivity index (χ1n) is 10.1. The van der Waals surface area contributed by atoms with Crippen molar-refractivity contribution in [3.8, 4) is 0 Å². The number of hydrogen-bond donors (Lipinski definition) is 0. The molecule has 2 aliphatic heterocycles. The Labute approximate surface area is 171 Å². The number of nitrogens with zero attached hydrogens (tertiary/aromatic N) is 3. The van der Waals surface area contributed by atoms with Crippen LogP contribution in [0.3, 0.4) is 0 Å². The minimum atomic E-state index is -0.456. The number of esters is 1. The highest BCUT2D eigenvalue weighted by molar-refractivity contribution is 5.89. The maximum Gasteiger partial charge on any atom is 0.311 e. The van der Waals surface area contributed by atoms with Crippen LogP contribution in [0.15, 0.2) is 49.2 Å². The maximum absolute atomic E-state index is 12.6. The third-order valence-electron chi connectivity index (χ3n) is 6.46. The van der Waals surface area contributed by atoms with Crippen LogP contribution >= 0.6 is 0 Å². The van der Waals surface area contributed by atoms with Crippen molar-refractivity contribution >= 4 is 22.8 Å². The minimum Gasteiger partial charge on any atom is -0.469 e. The minimum absolute atomic E-state index is 0.0239. The first kappa shape index (κ1) is 19.6. The molecular weight excluding hydrogens is 366 g/mol. The van der Waals surface area contributed by atoms with Crippen LogP contribution in [0, 0.1) is 5.92 Å². The van der Waals surface area contributed by atoms with Gasteiger partial charge in [-0.3, -0.25) is 19.5 Å². The summed E-state index contributed by atoms with van der Waals surface area (Å²) in [5, 5.41) is 1.14. The van der Waals surface area contributed by atoms with Crippen molar-refractivity contribution in [3.63, 3.8) is 0 Å². The van der Waals surface area contributed by atoms with E-state index in [0.29, 0.717) is 6.54 Å². The van der Waals surface area contributed by atoms with Gasteiger partial charge in [-0.05, 0) is 36.6 Å². The molecule has 6 nitrogen and oxygen atoms in total. The molecule has 0 N–H and O–H groups in total. The zero-order valence-electron chi connectivity index (χ0n) is 16.8.